The molecule has 12 heavy (non-hydrogen) atoms. The van der Waals surface area contributed by atoms with Crippen molar-refractivity contribution in [3.8, 4) is 5.75 Å². The SMILES string of the molecule is C[n+]1cc2cc(O)ccc2[te]1.[Cl-]. The average Bonchev–Trinajstić information content (AvgIpc) is 2.27. The average molecular weight is 297 g/mol. The molecule has 0 spiro atoms. The van der Waals surface area contributed by atoms with Crippen LogP contribution < -0.4 is 15.2 Å². The maximum atomic E-state index is 9.16. The van der Waals surface area contributed by atoms with Crippen molar-refractivity contribution >= 4 is 29.5 Å². The Morgan fingerprint density at radius 1 is 1.42 bits per heavy atom. The normalized spacial score (nSPS) is 9.75. The van der Waals surface area contributed by atoms with E-state index in [2.05, 4.69) is 16.0 Å². The number of aromatic nitrogens is 1. The van der Waals surface area contributed by atoms with Crippen molar-refractivity contribution in [3.05, 3.63) is 24.4 Å². The van der Waals surface area contributed by atoms with Gasteiger partial charge in [0.25, 0.3) is 0 Å². The molecule has 0 saturated heterocycles. The van der Waals surface area contributed by atoms with Crippen molar-refractivity contribution in [2.24, 2.45) is 7.05 Å². The van der Waals surface area contributed by atoms with Gasteiger partial charge in [0.1, 0.15) is 0 Å². The number of rotatable bonds is 0. The number of phenols is 1. The van der Waals surface area contributed by atoms with Crippen LogP contribution in [0.4, 0.5) is 0 Å². The zero-order chi connectivity index (χ0) is 7.84. The quantitative estimate of drug-likeness (QED) is 0.531. The van der Waals surface area contributed by atoms with Crippen LogP contribution in [0.3, 0.4) is 0 Å². The molecule has 2 nitrogen and oxygen atoms in total. The molecule has 2 aromatic rings. The van der Waals surface area contributed by atoms with Crippen LogP contribution in [0.15, 0.2) is 24.4 Å². The van der Waals surface area contributed by atoms with E-state index in [1.807, 2.05) is 12.1 Å². The second-order valence-corrected chi connectivity index (χ2v) is 5.91. The van der Waals surface area contributed by atoms with Gasteiger partial charge in [-0.25, -0.2) is 0 Å². The fourth-order valence-corrected chi connectivity index (χ4v) is 3.44. The van der Waals surface area contributed by atoms with Gasteiger partial charge in [0.2, 0.25) is 0 Å². The predicted octanol–water partition coefficient (Wildman–Crippen LogP) is -2.57. The molecule has 4 heteroatoms. The van der Waals surface area contributed by atoms with Gasteiger partial charge in [-0.3, -0.25) is 0 Å². The summed E-state index contributed by atoms with van der Waals surface area (Å²) in [6, 6.07) is 5.60. The van der Waals surface area contributed by atoms with E-state index in [0.29, 0.717) is 5.75 Å². The molecule has 0 fully saturated rings. The van der Waals surface area contributed by atoms with Crippen LogP contribution in [0, 0.1) is 0 Å². The molecular weight excluding hydrogens is 289 g/mol. The van der Waals surface area contributed by atoms with Crippen molar-refractivity contribution < 1.29 is 20.3 Å². The van der Waals surface area contributed by atoms with Gasteiger partial charge in [0, 0.05) is 0 Å². The number of nitrogens with zero attached hydrogens (tertiary/aromatic N) is 1. The Hall–Kier alpha value is -0.230. The molecule has 1 heterocycles. The molecule has 2 rings (SSSR count). The van der Waals surface area contributed by atoms with Gasteiger partial charge in [0.05, 0.1) is 0 Å². The number of benzene rings is 1. The molecule has 0 bridgehead atoms. The van der Waals surface area contributed by atoms with E-state index < -0.39 is 0 Å². The van der Waals surface area contributed by atoms with Crippen LogP contribution in [0.2, 0.25) is 0 Å². The standard InChI is InChI=1S/C8H7NOTe.ClH/c1-9-5-6-4-7(10)2-3-8(6)11-9;/h2-5H,1H3;1H. The largest absolute Gasteiger partial charge is 1.00 e. The number of hydrogen-bond donors (Lipinski definition) is 1. The fourth-order valence-electron chi connectivity index (χ4n) is 1.10. The van der Waals surface area contributed by atoms with E-state index in [-0.39, 0.29) is 33.1 Å². The number of aromatic hydroxyl groups is 1. The molecule has 0 saturated carbocycles. The van der Waals surface area contributed by atoms with Gasteiger partial charge < -0.3 is 12.4 Å². The summed E-state index contributed by atoms with van der Waals surface area (Å²) < 4.78 is 3.64. The van der Waals surface area contributed by atoms with E-state index in [0.717, 1.165) is 0 Å². The molecule has 1 aromatic heterocycles. The Morgan fingerprint density at radius 2 is 2.17 bits per heavy atom. The minimum atomic E-state index is -0.157. The Balaban J connectivity index is 0.000000720. The minimum Gasteiger partial charge on any atom is -1.00 e. The fraction of sp³-hybridized carbons (Fsp3) is 0.125. The van der Waals surface area contributed by atoms with Gasteiger partial charge in [0.15, 0.2) is 0 Å². The van der Waals surface area contributed by atoms with Crippen LogP contribution in [0.25, 0.3) is 8.79 Å². The van der Waals surface area contributed by atoms with E-state index in [1.54, 1.807) is 6.07 Å². The summed E-state index contributed by atoms with van der Waals surface area (Å²) in [5, 5.41) is 10.3. The van der Waals surface area contributed by atoms with Crippen molar-refractivity contribution in [1.82, 2.24) is 0 Å². The van der Waals surface area contributed by atoms with E-state index >= 15 is 0 Å². The minimum absolute atomic E-state index is 0. The molecule has 64 valence electrons. The Kier molecular flexibility index (Phi) is 3.00. The summed E-state index contributed by atoms with van der Waals surface area (Å²) in [7, 11) is 2.08. The topological polar surface area (TPSA) is 24.1 Å². The third-order valence-electron chi connectivity index (χ3n) is 1.56. The Morgan fingerprint density at radius 3 is 2.92 bits per heavy atom. The summed E-state index contributed by atoms with van der Waals surface area (Å²) >= 11 is -0.157. The number of halogens is 1. The maximum absolute atomic E-state index is 9.16. The smallest absolute Gasteiger partial charge is 1.00 e. The zero-order valence-corrected chi connectivity index (χ0v) is 9.58. The third-order valence-corrected chi connectivity index (χ3v) is 4.30. The third kappa shape index (κ3) is 1.74. The second kappa shape index (κ2) is 3.66. The van der Waals surface area contributed by atoms with Crippen molar-refractivity contribution in [1.29, 1.82) is 0 Å². The molecule has 0 amide bonds. The molecular formula is C8H8ClNOTe. The number of phenolic OH excluding ortho intramolecular Hbond substituents is 1. The van der Waals surface area contributed by atoms with E-state index in [1.165, 1.54) is 8.79 Å². The maximum Gasteiger partial charge on any atom is -1.00 e. The zero-order valence-electron chi connectivity index (χ0n) is 6.49. The van der Waals surface area contributed by atoms with Gasteiger partial charge in [-0.2, -0.15) is 0 Å². The first-order valence-electron chi connectivity index (χ1n) is 3.34. The van der Waals surface area contributed by atoms with E-state index in [9.17, 15) is 0 Å². The van der Waals surface area contributed by atoms with Gasteiger partial charge in [-0.05, 0) is 0 Å². The number of hydrogen-bond acceptors (Lipinski definition) is 1. The van der Waals surface area contributed by atoms with Gasteiger partial charge >= 0.3 is 74.6 Å². The molecule has 0 aliphatic heterocycles. The van der Waals surface area contributed by atoms with Crippen molar-refractivity contribution in [3.63, 3.8) is 0 Å². The van der Waals surface area contributed by atoms with Gasteiger partial charge in [-0.1, -0.05) is 0 Å². The monoisotopic (exact) mass is 299 g/mol. The van der Waals surface area contributed by atoms with Crippen molar-refractivity contribution in [2.45, 2.75) is 0 Å². The Bertz CT molecular complexity index is 399. The number of fused-ring (bicyclic) bond motifs is 1. The summed E-state index contributed by atoms with van der Waals surface area (Å²) in [5.74, 6) is 0.364. The second-order valence-electron chi connectivity index (χ2n) is 2.49. The molecule has 0 aliphatic carbocycles. The van der Waals surface area contributed by atoms with Crippen LogP contribution in [0.5, 0.6) is 5.75 Å². The van der Waals surface area contributed by atoms with Crippen LogP contribution in [-0.2, 0) is 7.05 Å². The summed E-state index contributed by atoms with van der Waals surface area (Å²) in [6.07, 6.45) is 2.09. The van der Waals surface area contributed by atoms with E-state index in [4.69, 9.17) is 5.11 Å². The first kappa shape index (κ1) is 9.85. The summed E-state index contributed by atoms with van der Waals surface area (Å²) in [6.45, 7) is 0. The molecule has 0 radical (unpaired) electrons. The first-order chi connectivity index (χ1) is 5.25. The molecule has 1 N–H and O–H groups in total. The van der Waals surface area contributed by atoms with Crippen LogP contribution >= 0.6 is 0 Å². The first-order valence-corrected chi connectivity index (χ1v) is 5.55. The van der Waals surface area contributed by atoms with Crippen molar-refractivity contribution in [2.75, 3.05) is 0 Å². The van der Waals surface area contributed by atoms with Crippen LogP contribution in [0.1, 0.15) is 0 Å². The Labute approximate surface area is 86.8 Å². The summed E-state index contributed by atoms with van der Waals surface area (Å²) in [4.78, 5) is 0. The predicted molar refractivity (Wildman–Crippen MR) is 43.7 cm³/mol. The van der Waals surface area contributed by atoms with Gasteiger partial charge in [-0.15, -0.1) is 0 Å². The molecule has 0 aliphatic rings. The molecule has 1 aromatic carbocycles. The number of aryl methyl sites for hydroxylation is 1. The molecule has 0 unspecified atom stereocenters. The summed E-state index contributed by atoms with van der Waals surface area (Å²) in [5.41, 5.74) is 0. The van der Waals surface area contributed by atoms with Crippen LogP contribution in [-0.4, -0.2) is 25.8 Å². The molecule has 0 atom stereocenters.